The fourth-order valence-corrected chi connectivity index (χ4v) is 15.6. The zero-order valence-electron chi connectivity index (χ0n) is 60.2. The molecule has 0 unspecified atom stereocenters. The number of benzene rings is 2. The number of carboxylic acids is 4. The number of fused-ring (bicyclic) bond motifs is 4. The lowest BCUT2D eigenvalue weighted by Crippen LogP contribution is -2.61. The lowest BCUT2D eigenvalue weighted by Gasteiger charge is -2.33. The van der Waals surface area contributed by atoms with Gasteiger partial charge in [0.15, 0.2) is 0 Å². The lowest BCUT2D eigenvalue weighted by atomic mass is 10.0. The number of hydrogen-bond donors (Lipinski definition) is 13. The van der Waals surface area contributed by atoms with Crippen LogP contribution in [0.5, 0.6) is 0 Å². The minimum atomic E-state index is -1.73. The van der Waals surface area contributed by atoms with E-state index in [1.54, 1.807) is 45.0 Å². The van der Waals surface area contributed by atoms with Crippen LogP contribution in [0.3, 0.4) is 0 Å². The molecule has 0 radical (unpaired) electrons. The summed E-state index contributed by atoms with van der Waals surface area (Å²) in [7, 11) is 0. The molecule has 0 saturated carbocycles. The SMILES string of the molecule is CCCCCC(=O)N[C@H]1CSCc2cc(CSCCNC(=O)CN3CCN(CC(=O)O)CCN(CC(=O)O)CCN(CC(=O)O)CC3)cc(c2)CSC[C@@H](C(=O)NCCC(=O)O)NC(=O)[C@H](Cc2ccccc2)NC(=O)[C@H](CCC(N)=O)NC(=O)[C@H]([C@@H](C)O)NC(=O)[C@@H]2CCCN2C(=O)[C@@H]2CCCN2C1=O. The Morgan fingerprint density at radius 3 is 1.68 bits per heavy atom. The van der Waals surface area contributed by atoms with Crippen molar-refractivity contribution in [2.24, 2.45) is 5.73 Å². The van der Waals surface area contributed by atoms with E-state index in [9.17, 15) is 92.7 Å². The number of aliphatic hydroxyl groups is 1. The quantitative estimate of drug-likeness (QED) is 0.0429. The summed E-state index contributed by atoms with van der Waals surface area (Å²) in [5.41, 5.74) is 8.52. The summed E-state index contributed by atoms with van der Waals surface area (Å²) >= 11 is 4.12. The number of carbonyl (C=O) groups excluding carboxylic acids is 10. The van der Waals surface area contributed by atoms with Crippen LogP contribution in [0.1, 0.15) is 107 Å². The predicted octanol–water partition coefficient (Wildman–Crippen LogP) is -1.54. The summed E-state index contributed by atoms with van der Waals surface area (Å²) in [6.45, 7) is 4.21. The first-order valence-electron chi connectivity index (χ1n) is 35.9. The Morgan fingerprint density at radius 1 is 0.575 bits per heavy atom. The van der Waals surface area contributed by atoms with Crippen LogP contribution in [0, 0.1) is 0 Å². The Morgan fingerprint density at radius 2 is 1.12 bits per heavy atom. The molecule has 33 nitrogen and oxygen atoms in total. The Bertz CT molecular complexity index is 3310. The van der Waals surface area contributed by atoms with E-state index in [2.05, 4.69) is 37.2 Å². The molecule has 14 N–H and O–H groups in total. The van der Waals surface area contributed by atoms with E-state index in [1.165, 1.54) is 52.0 Å². The molecule has 2 aromatic carbocycles. The molecule has 0 aliphatic carbocycles. The van der Waals surface area contributed by atoms with Gasteiger partial charge in [-0.3, -0.25) is 86.7 Å². The van der Waals surface area contributed by atoms with Crippen molar-refractivity contribution in [3.63, 3.8) is 0 Å². The first-order chi connectivity index (χ1) is 50.7. The van der Waals surface area contributed by atoms with Gasteiger partial charge in [0.1, 0.15) is 42.3 Å². The van der Waals surface area contributed by atoms with Gasteiger partial charge in [0.05, 0.1) is 38.7 Å². The molecule has 2 aromatic rings. The molecule has 3 saturated heterocycles. The molecule has 8 atom stereocenters. The molecule has 0 aromatic heterocycles. The first kappa shape index (κ1) is 86.8. The summed E-state index contributed by atoms with van der Waals surface area (Å²) < 4.78 is 0. The van der Waals surface area contributed by atoms with Crippen LogP contribution in [0.2, 0.25) is 0 Å². The summed E-state index contributed by atoms with van der Waals surface area (Å²) in [5.74, 6) is -10.1. The third kappa shape index (κ3) is 30.6. The number of primary amides is 1. The number of carbonyl (C=O) groups is 14. The molecule has 106 heavy (non-hydrogen) atoms. The van der Waals surface area contributed by atoms with Crippen LogP contribution in [0.4, 0.5) is 0 Å². The van der Waals surface area contributed by atoms with Crippen molar-refractivity contribution < 1.29 is 92.7 Å². The van der Waals surface area contributed by atoms with Crippen molar-refractivity contribution in [3.8, 4) is 0 Å². The number of nitrogens with zero attached hydrogens (tertiary/aromatic N) is 6. The van der Waals surface area contributed by atoms with Gasteiger partial charge in [-0.05, 0) is 67.7 Å². The minimum absolute atomic E-state index is 0.0789. The number of thioether (sulfide) groups is 3. The van der Waals surface area contributed by atoms with Gasteiger partial charge in [-0.2, -0.15) is 35.3 Å². The summed E-state index contributed by atoms with van der Waals surface area (Å²) in [6.07, 6.45) is 0.460. The number of hydrogen-bond acceptors (Lipinski definition) is 22. The highest BCUT2D eigenvalue weighted by Crippen LogP contribution is 2.29. The zero-order chi connectivity index (χ0) is 77.2. The van der Waals surface area contributed by atoms with E-state index in [-0.39, 0.29) is 159 Å². The Balaban J connectivity index is 1.30. The second-order valence-corrected chi connectivity index (χ2v) is 30.0. The largest absolute Gasteiger partial charge is 0.481 e. The second-order valence-electron chi connectivity index (χ2n) is 26.9. The van der Waals surface area contributed by atoms with Gasteiger partial charge in [0.25, 0.3) is 0 Å². The number of rotatable bonds is 28. The van der Waals surface area contributed by atoms with Crippen molar-refractivity contribution in [3.05, 3.63) is 70.8 Å². The standard InChI is InChI=1S/C70H104N14O19S3/c1-3-4-6-15-57(87)74-53-44-106-42-49-33-47(40-104-31-20-72-58(88)36-79-23-25-80(37-60(91)92)27-29-82(39-62(95)96)30-28-81(26-24-79)38-61(93)94)32-48(34-49)41-105-43-52(64(97)73-19-18-59(89)90)77-66(99)51(35-46-11-7-5-8-12-46)76-65(98)50(16-17-56(71)86)75-68(101)63(45(2)85)78-67(100)54-13-9-21-83(54)70(103)55-14-10-22-84(55)69(53)102/h5,7-8,11-12,32-34,45,50-55,63,85H,3-4,6,9-10,13-31,35-44H2,1-2H3,(H2,71,86)(H,72,88)(H,73,97)(H,74,87)(H,75,101)(H,76,98)(H,77,99)(H,78,100)(H,89,90)(H,91,92)(H,93,94)(H,95,96)/t45-,50+,51+,52+,53+,54+,55+,63+/m1/s1. The van der Waals surface area contributed by atoms with Gasteiger partial charge in [-0.25, -0.2) is 0 Å². The van der Waals surface area contributed by atoms with Crippen LogP contribution in [0.15, 0.2) is 48.5 Å². The Labute approximate surface area is 629 Å². The highest BCUT2D eigenvalue weighted by atomic mass is 32.2. The number of nitrogens with one attached hydrogen (secondary N) is 7. The van der Waals surface area contributed by atoms with E-state index in [4.69, 9.17) is 5.73 Å². The number of carboxylic acid groups (broad SMARTS) is 4. The van der Waals surface area contributed by atoms with Crippen molar-refractivity contribution in [1.29, 1.82) is 0 Å². The fraction of sp³-hybridized carbons (Fsp3) is 0.629. The maximum atomic E-state index is 15.0. The van der Waals surface area contributed by atoms with E-state index in [0.29, 0.717) is 42.1 Å². The van der Waals surface area contributed by atoms with E-state index in [0.717, 1.165) is 29.5 Å². The number of amides is 10. The molecular weight excluding hydrogens is 1440 g/mol. The lowest BCUT2D eigenvalue weighted by molar-refractivity contribution is -0.148. The van der Waals surface area contributed by atoms with Gasteiger partial charge < -0.3 is 78.3 Å². The van der Waals surface area contributed by atoms with E-state index >= 15 is 0 Å². The Hall–Kier alpha value is -8.13. The van der Waals surface area contributed by atoms with Gasteiger partial charge in [0.2, 0.25) is 59.1 Å². The molecule has 3 fully saturated rings. The number of unbranched alkanes of at least 4 members (excludes halogenated alkanes) is 2. The summed E-state index contributed by atoms with van der Waals surface area (Å²) in [6, 6.07) is 4.94. The molecule has 4 aliphatic rings. The maximum Gasteiger partial charge on any atom is 0.317 e. The normalized spacial score (nSPS) is 22.8. The third-order valence-corrected chi connectivity index (χ3v) is 21.5. The van der Waals surface area contributed by atoms with E-state index in [1.807, 2.05) is 30.0 Å². The van der Waals surface area contributed by atoms with Gasteiger partial charge in [0, 0.05) is 132 Å². The smallest absolute Gasteiger partial charge is 0.317 e. The third-order valence-electron chi connectivity index (χ3n) is 18.3. The molecule has 6 rings (SSSR count). The van der Waals surface area contributed by atoms with Gasteiger partial charge >= 0.3 is 23.9 Å². The molecule has 586 valence electrons. The van der Waals surface area contributed by atoms with Crippen LogP contribution < -0.4 is 43.0 Å². The van der Waals surface area contributed by atoms with E-state index < -0.39 is 139 Å². The van der Waals surface area contributed by atoms with Crippen LogP contribution >= 0.6 is 35.3 Å². The molecule has 4 aliphatic heterocycles. The minimum Gasteiger partial charge on any atom is -0.481 e. The maximum absolute atomic E-state index is 15.0. The molecule has 10 amide bonds. The average Bonchev–Trinajstić information content (AvgIpc) is 1.64. The summed E-state index contributed by atoms with van der Waals surface area (Å²) in [4.78, 5) is 198. The summed E-state index contributed by atoms with van der Waals surface area (Å²) in [5, 5.41) is 68.5. The van der Waals surface area contributed by atoms with Crippen molar-refractivity contribution in [2.45, 2.75) is 157 Å². The highest BCUT2D eigenvalue weighted by Gasteiger charge is 2.45. The number of nitrogens with two attached hydrogens (primary N) is 1. The second kappa shape index (κ2) is 45.5. The highest BCUT2D eigenvalue weighted by molar-refractivity contribution is 7.99. The number of aliphatic carboxylic acids is 4. The van der Waals surface area contributed by atoms with Crippen LogP contribution in [0.25, 0.3) is 0 Å². The van der Waals surface area contributed by atoms with Crippen LogP contribution in [-0.4, -0.2) is 308 Å². The molecule has 0 spiro atoms. The zero-order valence-corrected chi connectivity index (χ0v) is 62.7. The topological polar surface area (TPSA) is 470 Å². The van der Waals surface area contributed by atoms with Gasteiger partial charge in [-0.1, -0.05) is 68.3 Å². The van der Waals surface area contributed by atoms with Gasteiger partial charge in [-0.15, -0.1) is 0 Å². The van der Waals surface area contributed by atoms with Crippen molar-refractivity contribution in [1.82, 2.24) is 66.6 Å². The van der Waals surface area contributed by atoms with Crippen molar-refractivity contribution >= 4 is 118 Å². The Kier molecular flexibility index (Phi) is 37.3. The predicted molar refractivity (Wildman–Crippen MR) is 395 cm³/mol. The molecule has 4 heterocycles. The molecule has 36 heteroatoms. The fourth-order valence-electron chi connectivity index (χ4n) is 12.8. The van der Waals surface area contributed by atoms with Crippen molar-refractivity contribution in [2.75, 3.05) is 122 Å². The average molecular weight is 1540 g/mol. The first-order valence-corrected chi connectivity index (χ1v) is 39.4. The molecular formula is C70H104N14O19S3. The molecule has 2 bridgehead atoms. The number of aliphatic hydroxyl groups excluding tert-OH is 1. The monoisotopic (exact) mass is 1540 g/mol. The van der Waals surface area contributed by atoms with Crippen LogP contribution in [-0.2, 0) is 90.8 Å².